The molecule has 0 bridgehead atoms. The molecule has 2 aromatic rings. The fourth-order valence-electron chi connectivity index (χ4n) is 5.50. The summed E-state index contributed by atoms with van der Waals surface area (Å²) < 4.78 is 33.5. The molecule has 0 radical (unpaired) electrons. The summed E-state index contributed by atoms with van der Waals surface area (Å²) in [6, 6.07) is 19.1. The van der Waals surface area contributed by atoms with E-state index in [1.807, 2.05) is 29.2 Å². The van der Waals surface area contributed by atoms with Gasteiger partial charge < -0.3 is 14.5 Å². The van der Waals surface area contributed by atoms with Crippen LogP contribution in [0.5, 0.6) is 0 Å². The lowest BCUT2D eigenvalue weighted by Gasteiger charge is -2.38. The van der Waals surface area contributed by atoms with Gasteiger partial charge in [-0.25, -0.2) is 17.5 Å². The van der Waals surface area contributed by atoms with Crippen LogP contribution >= 0.6 is 0 Å². The van der Waals surface area contributed by atoms with Crippen LogP contribution in [0.15, 0.2) is 65.6 Å². The number of benzene rings is 2. The Labute approximate surface area is 242 Å². The van der Waals surface area contributed by atoms with E-state index in [1.54, 1.807) is 31.3 Å². The summed E-state index contributed by atoms with van der Waals surface area (Å²) >= 11 is 0. The SMILES string of the molecule is CCCCCCOC(=O)N(CCC)C1CCN(CCC(CN(C)S(=O)(=O)c2ccccc2)c2ccccc2)CC1. The van der Waals surface area contributed by atoms with Gasteiger partial charge in [-0.2, -0.15) is 0 Å². The Balaban J connectivity index is 1.55. The maximum Gasteiger partial charge on any atom is 0.410 e. The van der Waals surface area contributed by atoms with Crippen molar-refractivity contribution in [2.45, 2.75) is 82.1 Å². The Morgan fingerprint density at radius 3 is 2.23 bits per heavy atom. The zero-order valence-corrected chi connectivity index (χ0v) is 25.5. The van der Waals surface area contributed by atoms with Crippen molar-refractivity contribution >= 4 is 16.1 Å². The number of sulfonamides is 1. The molecular weight excluding hydrogens is 522 g/mol. The first-order valence-electron chi connectivity index (χ1n) is 15.1. The number of hydrogen-bond acceptors (Lipinski definition) is 5. The molecule has 1 aliphatic heterocycles. The van der Waals surface area contributed by atoms with Crippen LogP contribution in [0.2, 0.25) is 0 Å². The van der Waals surface area contributed by atoms with E-state index >= 15 is 0 Å². The molecule has 40 heavy (non-hydrogen) atoms. The number of piperidine rings is 1. The number of carbonyl (C=O) groups is 1. The van der Waals surface area contributed by atoms with E-state index in [0.717, 1.165) is 70.3 Å². The lowest BCUT2D eigenvalue weighted by atomic mass is 9.94. The molecule has 1 aliphatic rings. The van der Waals surface area contributed by atoms with E-state index in [2.05, 4.69) is 30.9 Å². The van der Waals surface area contributed by atoms with Gasteiger partial charge in [-0.1, -0.05) is 81.6 Å². The highest BCUT2D eigenvalue weighted by Crippen LogP contribution is 2.26. The number of unbranched alkanes of at least 4 members (excludes halogenated alkanes) is 3. The van der Waals surface area contributed by atoms with Crippen LogP contribution in [0.4, 0.5) is 4.79 Å². The minimum Gasteiger partial charge on any atom is -0.449 e. The van der Waals surface area contributed by atoms with Crippen LogP contribution in [-0.2, 0) is 14.8 Å². The summed E-state index contributed by atoms with van der Waals surface area (Å²) in [5.41, 5.74) is 1.16. The van der Waals surface area contributed by atoms with Crippen molar-refractivity contribution < 1.29 is 17.9 Å². The molecule has 7 nitrogen and oxygen atoms in total. The second kappa shape index (κ2) is 16.7. The maximum absolute atomic E-state index is 13.2. The van der Waals surface area contributed by atoms with Crippen LogP contribution < -0.4 is 0 Å². The van der Waals surface area contributed by atoms with Gasteiger partial charge in [-0.15, -0.1) is 0 Å². The van der Waals surface area contributed by atoms with Crippen molar-refractivity contribution in [3.05, 3.63) is 66.2 Å². The molecule has 0 aromatic heterocycles. The molecule has 222 valence electrons. The maximum atomic E-state index is 13.2. The van der Waals surface area contributed by atoms with Gasteiger partial charge in [0.05, 0.1) is 11.5 Å². The highest BCUT2D eigenvalue weighted by atomic mass is 32.2. The molecule has 0 aliphatic carbocycles. The Morgan fingerprint density at radius 2 is 1.60 bits per heavy atom. The minimum atomic E-state index is -3.56. The van der Waals surface area contributed by atoms with Crippen molar-refractivity contribution in [3.63, 3.8) is 0 Å². The van der Waals surface area contributed by atoms with Crippen molar-refractivity contribution in [1.29, 1.82) is 0 Å². The third-order valence-electron chi connectivity index (χ3n) is 7.91. The van der Waals surface area contributed by atoms with Crippen molar-refractivity contribution in [2.24, 2.45) is 0 Å². The molecule has 2 aromatic carbocycles. The number of nitrogens with zero attached hydrogens (tertiary/aromatic N) is 3. The largest absolute Gasteiger partial charge is 0.449 e. The fraction of sp³-hybridized carbons (Fsp3) is 0.594. The standard InChI is InChI=1S/C32H49N3O4S/c1-4-6-7-14-26-39-32(36)35(22-5-2)30-20-24-34(25-21-30)23-19-29(28-15-10-8-11-16-28)27-33(3)40(37,38)31-17-12-9-13-18-31/h8-13,15-18,29-30H,4-7,14,19-27H2,1-3H3. The van der Waals surface area contributed by atoms with Gasteiger partial charge in [0.15, 0.2) is 0 Å². The number of amides is 1. The Kier molecular flexibility index (Phi) is 13.4. The van der Waals surface area contributed by atoms with E-state index in [9.17, 15) is 13.2 Å². The molecule has 3 rings (SSSR count). The highest BCUT2D eigenvalue weighted by molar-refractivity contribution is 7.89. The molecule has 0 saturated carbocycles. The number of carbonyl (C=O) groups excluding carboxylic acids is 1. The summed E-state index contributed by atoms with van der Waals surface area (Å²) in [6.45, 7) is 8.69. The minimum absolute atomic E-state index is 0.0849. The quantitative estimate of drug-likeness (QED) is 0.219. The molecular formula is C32H49N3O4S. The second-order valence-corrected chi connectivity index (χ2v) is 13.0. The fourth-order valence-corrected chi connectivity index (χ4v) is 6.73. The second-order valence-electron chi connectivity index (χ2n) is 10.9. The molecule has 1 atom stereocenters. The molecule has 8 heteroatoms. The average molecular weight is 572 g/mol. The number of hydrogen-bond donors (Lipinski definition) is 0. The van der Waals surface area contributed by atoms with Gasteiger partial charge in [0.2, 0.25) is 10.0 Å². The van der Waals surface area contributed by atoms with Crippen LogP contribution in [-0.4, -0.2) is 81.0 Å². The van der Waals surface area contributed by atoms with Gasteiger partial charge in [-0.05, 0) is 62.3 Å². The van der Waals surface area contributed by atoms with Crippen LogP contribution in [0, 0.1) is 0 Å². The molecule has 1 amide bonds. The summed E-state index contributed by atoms with van der Waals surface area (Å²) in [5, 5.41) is 0. The first-order valence-corrected chi connectivity index (χ1v) is 16.5. The van der Waals surface area contributed by atoms with E-state index in [4.69, 9.17) is 4.74 Å². The van der Waals surface area contributed by atoms with Crippen LogP contribution in [0.25, 0.3) is 0 Å². The van der Waals surface area contributed by atoms with Gasteiger partial charge in [0.25, 0.3) is 0 Å². The van der Waals surface area contributed by atoms with E-state index in [0.29, 0.717) is 18.0 Å². The van der Waals surface area contributed by atoms with Gasteiger partial charge >= 0.3 is 6.09 Å². The highest BCUT2D eigenvalue weighted by Gasteiger charge is 2.29. The monoisotopic (exact) mass is 571 g/mol. The number of rotatable bonds is 16. The summed E-state index contributed by atoms with van der Waals surface area (Å²) in [6.07, 6.45) is 7.88. The molecule has 1 fully saturated rings. The number of ether oxygens (including phenoxy) is 1. The van der Waals surface area contributed by atoms with Crippen LogP contribution in [0.3, 0.4) is 0 Å². The number of likely N-dealkylation sites (tertiary alicyclic amines) is 1. The lowest BCUT2D eigenvalue weighted by Crippen LogP contribution is -2.48. The normalized spacial score (nSPS) is 15.7. The van der Waals surface area contributed by atoms with Gasteiger partial charge in [0, 0.05) is 39.3 Å². The Morgan fingerprint density at radius 1 is 0.950 bits per heavy atom. The topological polar surface area (TPSA) is 70.2 Å². The lowest BCUT2D eigenvalue weighted by molar-refractivity contribution is 0.0634. The van der Waals surface area contributed by atoms with Gasteiger partial charge in [-0.3, -0.25) is 0 Å². The predicted octanol–water partition coefficient (Wildman–Crippen LogP) is 6.37. The summed E-state index contributed by atoms with van der Waals surface area (Å²) in [7, 11) is -1.88. The van der Waals surface area contributed by atoms with E-state index in [1.165, 1.54) is 17.1 Å². The number of likely N-dealkylation sites (N-methyl/N-ethyl adjacent to an activating group) is 1. The Bertz CT molecular complexity index is 1090. The van der Waals surface area contributed by atoms with Crippen molar-refractivity contribution in [2.75, 3.05) is 46.4 Å². The van der Waals surface area contributed by atoms with E-state index < -0.39 is 10.0 Å². The molecule has 1 heterocycles. The Hall–Kier alpha value is -2.42. The molecule has 1 saturated heterocycles. The molecule has 0 spiro atoms. The van der Waals surface area contributed by atoms with Crippen molar-refractivity contribution in [3.8, 4) is 0 Å². The summed E-state index contributed by atoms with van der Waals surface area (Å²) in [4.78, 5) is 17.6. The summed E-state index contributed by atoms with van der Waals surface area (Å²) in [5.74, 6) is 0.0849. The van der Waals surface area contributed by atoms with Gasteiger partial charge in [0.1, 0.15) is 0 Å². The molecule has 1 unspecified atom stereocenters. The zero-order chi connectivity index (χ0) is 28.8. The zero-order valence-electron chi connectivity index (χ0n) is 24.7. The first-order chi connectivity index (χ1) is 19.4. The van der Waals surface area contributed by atoms with Crippen molar-refractivity contribution in [1.82, 2.24) is 14.1 Å². The smallest absolute Gasteiger partial charge is 0.410 e. The first kappa shape index (κ1) is 32.1. The van der Waals surface area contributed by atoms with Crippen LogP contribution in [0.1, 0.15) is 76.7 Å². The molecule has 0 N–H and O–H groups in total. The third-order valence-corrected chi connectivity index (χ3v) is 9.75. The van der Waals surface area contributed by atoms with E-state index in [-0.39, 0.29) is 18.1 Å². The average Bonchev–Trinajstić information content (AvgIpc) is 2.99. The third kappa shape index (κ3) is 9.60. The predicted molar refractivity (Wildman–Crippen MR) is 162 cm³/mol.